The molecule has 2 atom stereocenters. The van der Waals surface area contributed by atoms with Gasteiger partial charge in [-0.15, -0.1) is 0 Å². The van der Waals surface area contributed by atoms with Gasteiger partial charge >= 0.3 is 6.03 Å². The van der Waals surface area contributed by atoms with Gasteiger partial charge in [0.1, 0.15) is 0 Å². The Morgan fingerprint density at radius 1 is 1.05 bits per heavy atom. The molecule has 1 aliphatic heterocycles. The van der Waals surface area contributed by atoms with E-state index in [9.17, 15) is 19.8 Å². The summed E-state index contributed by atoms with van der Waals surface area (Å²) in [5, 5.41) is 23.8. The second-order valence-electron chi connectivity index (χ2n) is 5.69. The molecule has 7 nitrogen and oxygen atoms in total. The quantitative estimate of drug-likeness (QED) is 0.543. The molecule has 2 aliphatic rings. The number of nitrogens with zero attached hydrogens (tertiary/aromatic N) is 1. The highest BCUT2D eigenvalue weighted by Gasteiger charge is 2.30. The van der Waals surface area contributed by atoms with Crippen LogP contribution < -0.4 is 10.6 Å². The molecule has 1 aliphatic carbocycles. The number of rotatable bonds is 3. The molecule has 0 aromatic heterocycles. The number of β-amino-alcohol motifs (C(OH)–C–C–N with tert-alkyl or cyclic N) is 2. The third kappa shape index (κ3) is 4.43. The Hall–Kier alpha value is -1.18. The molecule has 0 radical (unpaired) electrons. The Labute approximate surface area is 118 Å². The molecule has 20 heavy (non-hydrogen) atoms. The molecule has 4 N–H and O–H groups in total. The first kappa shape index (κ1) is 15.2. The summed E-state index contributed by atoms with van der Waals surface area (Å²) in [6.07, 6.45) is 3.72. The molecule has 1 heterocycles. The molecule has 3 amide bonds. The van der Waals surface area contributed by atoms with Gasteiger partial charge in [0.2, 0.25) is 5.91 Å². The van der Waals surface area contributed by atoms with E-state index in [2.05, 4.69) is 10.6 Å². The van der Waals surface area contributed by atoms with E-state index in [1.807, 2.05) is 0 Å². The highest BCUT2D eigenvalue weighted by molar-refractivity contribution is 5.95. The topological polar surface area (TPSA) is 102 Å². The van der Waals surface area contributed by atoms with Crippen LogP contribution in [-0.2, 0) is 4.79 Å². The van der Waals surface area contributed by atoms with Gasteiger partial charge in [0.15, 0.2) is 0 Å². The lowest BCUT2D eigenvalue weighted by molar-refractivity contribution is -0.121. The molecule has 114 valence electrons. The number of carbonyl (C=O) groups excluding carboxylic acids is 2. The molecule has 0 bridgehead atoms. The van der Waals surface area contributed by atoms with Gasteiger partial charge in [0.05, 0.1) is 18.8 Å². The van der Waals surface area contributed by atoms with Crippen molar-refractivity contribution in [1.82, 2.24) is 15.5 Å². The van der Waals surface area contributed by atoms with Crippen molar-refractivity contribution >= 4 is 11.9 Å². The average Bonchev–Trinajstić information content (AvgIpc) is 2.68. The Morgan fingerprint density at radius 2 is 1.65 bits per heavy atom. The molecule has 1 saturated heterocycles. The number of carbonyl (C=O) groups is 2. The van der Waals surface area contributed by atoms with Crippen molar-refractivity contribution in [2.45, 2.75) is 50.4 Å². The summed E-state index contributed by atoms with van der Waals surface area (Å²) >= 11 is 0. The Morgan fingerprint density at radius 3 is 2.25 bits per heavy atom. The molecule has 0 aromatic rings. The molecule has 2 fully saturated rings. The summed E-state index contributed by atoms with van der Waals surface area (Å²) in [5.74, 6) is -0.417. The largest absolute Gasteiger partial charge is 0.389 e. The van der Waals surface area contributed by atoms with Crippen LogP contribution in [0.2, 0.25) is 0 Å². The SMILES string of the molecule is O=C(CN1C[C@@H](O)[C@@H](O)C1)NC(=O)NC1CCCCC1. The second kappa shape index (κ2) is 7.01. The van der Waals surface area contributed by atoms with Crippen LogP contribution >= 0.6 is 0 Å². The zero-order chi connectivity index (χ0) is 14.5. The van der Waals surface area contributed by atoms with Crippen molar-refractivity contribution in [2.24, 2.45) is 0 Å². The predicted molar refractivity (Wildman–Crippen MR) is 72.0 cm³/mol. The van der Waals surface area contributed by atoms with E-state index in [4.69, 9.17) is 0 Å². The maximum absolute atomic E-state index is 11.7. The number of imide groups is 1. The van der Waals surface area contributed by atoms with E-state index in [-0.39, 0.29) is 25.7 Å². The number of aliphatic hydroxyl groups is 2. The molecule has 7 heteroatoms. The first-order chi connectivity index (χ1) is 9.54. The fourth-order valence-electron chi connectivity index (χ4n) is 2.81. The zero-order valence-electron chi connectivity index (χ0n) is 11.5. The van der Waals surface area contributed by atoms with E-state index in [1.165, 1.54) is 6.42 Å². The van der Waals surface area contributed by atoms with Crippen molar-refractivity contribution in [3.63, 3.8) is 0 Å². The number of urea groups is 1. The lowest BCUT2D eigenvalue weighted by Gasteiger charge is -2.23. The van der Waals surface area contributed by atoms with Crippen molar-refractivity contribution in [3.05, 3.63) is 0 Å². The van der Waals surface area contributed by atoms with Gasteiger partial charge in [0, 0.05) is 19.1 Å². The Balaban J connectivity index is 1.67. The number of aliphatic hydroxyl groups excluding tert-OH is 2. The minimum Gasteiger partial charge on any atom is -0.389 e. The van der Waals surface area contributed by atoms with Crippen molar-refractivity contribution in [1.29, 1.82) is 0 Å². The lowest BCUT2D eigenvalue weighted by atomic mass is 9.96. The fraction of sp³-hybridized carbons (Fsp3) is 0.846. The van der Waals surface area contributed by atoms with Crippen LogP contribution in [0.3, 0.4) is 0 Å². The first-order valence-corrected chi connectivity index (χ1v) is 7.23. The summed E-state index contributed by atoms with van der Waals surface area (Å²) in [6.45, 7) is 0.504. The van der Waals surface area contributed by atoms with Gasteiger partial charge in [-0.3, -0.25) is 15.0 Å². The van der Waals surface area contributed by atoms with Gasteiger partial charge in [0.25, 0.3) is 0 Å². The standard InChI is InChI=1S/C13H23N3O4/c17-10-6-16(7-11(10)18)8-12(19)15-13(20)14-9-4-2-1-3-5-9/h9-11,17-18H,1-8H2,(H2,14,15,19,20)/t10-,11+. The van der Waals surface area contributed by atoms with Crippen molar-refractivity contribution in [3.8, 4) is 0 Å². The summed E-state index contributed by atoms with van der Waals surface area (Å²) in [4.78, 5) is 25.0. The van der Waals surface area contributed by atoms with E-state index in [1.54, 1.807) is 4.90 Å². The van der Waals surface area contributed by atoms with E-state index in [0.717, 1.165) is 25.7 Å². The van der Waals surface area contributed by atoms with Gasteiger partial charge in [-0.2, -0.15) is 0 Å². The highest BCUT2D eigenvalue weighted by Crippen LogP contribution is 2.17. The maximum atomic E-state index is 11.7. The van der Waals surface area contributed by atoms with E-state index < -0.39 is 24.1 Å². The third-order valence-corrected chi connectivity index (χ3v) is 3.90. The van der Waals surface area contributed by atoms with E-state index >= 15 is 0 Å². The smallest absolute Gasteiger partial charge is 0.321 e. The second-order valence-corrected chi connectivity index (χ2v) is 5.69. The molecule has 0 aromatic carbocycles. The minimum atomic E-state index is -0.820. The maximum Gasteiger partial charge on any atom is 0.321 e. The lowest BCUT2D eigenvalue weighted by Crippen LogP contribution is -2.47. The number of nitrogens with one attached hydrogen (secondary N) is 2. The summed E-state index contributed by atoms with van der Waals surface area (Å²) in [6, 6.07) is -0.297. The van der Waals surface area contributed by atoms with Crippen LogP contribution in [0, 0.1) is 0 Å². The number of hydrogen-bond donors (Lipinski definition) is 4. The summed E-state index contributed by atoms with van der Waals surface area (Å²) < 4.78 is 0. The van der Waals surface area contributed by atoms with Gasteiger partial charge in [-0.1, -0.05) is 19.3 Å². The van der Waals surface area contributed by atoms with Crippen LogP contribution in [-0.4, -0.2) is 64.9 Å². The summed E-state index contributed by atoms with van der Waals surface area (Å²) in [7, 11) is 0. The minimum absolute atomic E-state index is 0.00616. The van der Waals surface area contributed by atoms with Crippen LogP contribution in [0.4, 0.5) is 4.79 Å². The van der Waals surface area contributed by atoms with Gasteiger partial charge in [-0.25, -0.2) is 4.79 Å². The summed E-state index contributed by atoms with van der Waals surface area (Å²) in [5.41, 5.74) is 0. The molecule has 1 saturated carbocycles. The Bertz CT molecular complexity index is 348. The van der Waals surface area contributed by atoms with Gasteiger partial charge < -0.3 is 15.5 Å². The average molecular weight is 285 g/mol. The number of amides is 3. The van der Waals surface area contributed by atoms with Crippen LogP contribution in [0.1, 0.15) is 32.1 Å². The normalized spacial score (nSPS) is 28.3. The Kier molecular flexibility index (Phi) is 5.33. The first-order valence-electron chi connectivity index (χ1n) is 7.23. The molecular weight excluding hydrogens is 262 g/mol. The molecule has 2 rings (SSSR count). The van der Waals surface area contributed by atoms with Crippen molar-refractivity contribution in [2.75, 3.05) is 19.6 Å². The number of likely N-dealkylation sites (tertiary alicyclic amines) is 1. The van der Waals surface area contributed by atoms with Crippen LogP contribution in [0.5, 0.6) is 0 Å². The molecular formula is C13H23N3O4. The van der Waals surface area contributed by atoms with Crippen molar-refractivity contribution < 1.29 is 19.8 Å². The molecule has 0 unspecified atom stereocenters. The van der Waals surface area contributed by atoms with Gasteiger partial charge in [-0.05, 0) is 12.8 Å². The monoisotopic (exact) mass is 285 g/mol. The highest BCUT2D eigenvalue weighted by atomic mass is 16.3. The number of hydrogen-bond acceptors (Lipinski definition) is 5. The van der Waals surface area contributed by atoms with E-state index in [0.29, 0.717) is 0 Å². The van der Waals surface area contributed by atoms with Crippen LogP contribution in [0.25, 0.3) is 0 Å². The predicted octanol–water partition coefficient (Wildman–Crippen LogP) is -0.818. The molecule has 0 spiro atoms. The zero-order valence-corrected chi connectivity index (χ0v) is 11.5. The fourth-order valence-corrected chi connectivity index (χ4v) is 2.81. The van der Waals surface area contributed by atoms with Crippen LogP contribution in [0.15, 0.2) is 0 Å². The third-order valence-electron chi connectivity index (χ3n) is 3.90.